The number of hydrogen-bond donors (Lipinski definition) is 1. The van der Waals surface area contributed by atoms with Gasteiger partial charge in [-0.2, -0.15) is 5.26 Å². The zero-order valence-electron chi connectivity index (χ0n) is 15.9. The van der Waals surface area contributed by atoms with Crippen molar-refractivity contribution < 1.29 is 19.1 Å². The molecule has 2 aliphatic rings. The van der Waals surface area contributed by atoms with Crippen molar-refractivity contribution in [1.82, 2.24) is 4.90 Å². The van der Waals surface area contributed by atoms with Crippen molar-refractivity contribution in [3.8, 4) is 6.07 Å². The second-order valence-corrected chi connectivity index (χ2v) is 7.12. The van der Waals surface area contributed by atoms with E-state index in [9.17, 15) is 9.59 Å². The number of rotatable bonds is 3. The summed E-state index contributed by atoms with van der Waals surface area (Å²) >= 11 is 0. The number of carbonyl (C=O) groups excluding carboxylic acids is 2. The summed E-state index contributed by atoms with van der Waals surface area (Å²) in [4.78, 5) is 27.0. The molecule has 4 rings (SSSR count). The molecule has 2 heterocycles. The fraction of sp³-hybridized carbons (Fsp3) is 0.318. The molecule has 2 aromatic carbocycles. The van der Waals surface area contributed by atoms with Gasteiger partial charge in [0.2, 0.25) is 0 Å². The lowest BCUT2D eigenvalue weighted by Crippen LogP contribution is -2.47. The molecule has 2 saturated heterocycles. The lowest BCUT2D eigenvalue weighted by Gasteiger charge is -2.37. The Bertz CT molecular complexity index is 949. The number of nitrogens with one attached hydrogen (secondary N) is 1. The highest BCUT2D eigenvalue weighted by molar-refractivity contribution is 6.05. The van der Waals surface area contributed by atoms with Gasteiger partial charge in [0.25, 0.3) is 11.8 Å². The van der Waals surface area contributed by atoms with Crippen molar-refractivity contribution in [3.05, 3.63) is 65.2 Å². The van der Waals surface area contributed by atoms with Crippen LogP contribution in [0.5, 0.6) is 0 Å². The Hall–Kier alpha value is -3.21. The number of amides is 2. The third-order valence-electron chi connectivity index (χ3n) is 5.27. The quantitative estimate of drug-likeness (QED) is 0.869. The highest BCUT2D eigenvalue weighted by Crippen LogP contribution is 2.31. The molecular formula is C22H21N3O4. The van der Waals surface area contributed by atoms with E-state index >= 15 is 0 Å². The lowest BCUT2D eigenvalue weighted by atomic mass is 10.0. The molecule has 2 aliphatic heterocycles. The van der Waals surface area contributed by atoms with Gasteiger partial charge in [-0.15, -0.1) is 0 Å². The normalized spacial score (nSPS) is 17.7. The zero-order valence-corrected chi connectivity index (χ0v) is 15.9. The number of likely N-dealkylation sites (tertiary alicyclic amines) is 1. The molecule has 0 saturated carbocycles. The predicted octanol–water partition coefficient (Wildman–Crippen LogP) is 2.79. The van der Waals surface area contributed by atoms with Gasteiger partial charge in [-0.1, -0.05) is 6.07 Å². The van der Waals surface area contributed by atoms with E-state index < -0.39 is 5.79 Å². The van der Waals surface area contributed by atoms with Crippen molar-refractivity contribution in [2.75, 3.05) is 31.6 Å². The molecular weight excluding hydrogens is 370 g/mol. The van der Waals surface area contributed by atoms with E-state index in [0.717, 1.165) is 0 Å². The standard InChI is InChI=1S/C22H21N3O4/c23-15-16-2-1-3-19(14-16)24-20(26)17-4-6-18(7-5-17)21(27)25-10-8-22(9-11-25)28-12-13-29-22/h1-7,14H,8-13H2,(H,24,26). The second-order valence-electron chi connectivity index (χ2n) is 7.12. The van der Waals surface area contributed by atoms with Crippen molar-refractivity contribution in [3.63, 3.8) is 0 Å². The maximum atomic E-state index is 12.8. The number of piperidine rings is 1. The van der Waals surface area contributed by atoms with E-state index in [1.165, 1.54) is 0 Å². The molecule has 0 unspecified atom stereocenters. The van der Waals surface area contributed by atoms with Crippen molar-refractivity contribution in [2.24, 2.45) is 0 Å². The first-order valence-electron chi connectivity index (χ1n) is 9.57. The van der Waals surface area contributed by atoms with Crippen molar-refractivity contribution in [1.29, 1.82) is 5.26 Å². The Balaban J connectivity index is 1.37. The summed E-state index contributed by atoms with van der Waals surface area (Å²) in [5.41, 5.74) is 2.00. The highest BCUT2D eigenvalue weighted by atomic mass is 16.7. The average Bonchev–Trinajstić information content (AvgIpc) is 3.22. The van der Waals surface area contributed by atoms with Gasteiger partial charge in [-0.3, -0.25) is 9.59 Å². The summed E-state index contributed by atoms with van der Waals surface area (Å²) in [6.07, 6.45) is 1.34. The molecule has 29 heavy (non-hydrogen) atoms. The van der Waals surface area contributed by atoms with Crippen LogP contribution in [0.3, 0.4) is 0 Å². The monoisotopic (exact) mass is 391 g/mol. The van der Waals surface area contributed by atoms with Crippen molar-refractivity contribution in [2.45, 2.75) is 18.6 Å². The zero-order chi connectivity index (χ0) is 20.3. The molecule has 0 aromatic heterocycles. The largest absolute Gasteiger partial charge is 0.347 e. The molecule has 2 fully saturated rings. The van der Waals surface area contributed by atoms with Gasteiger partial charge < -0.3 is 19.7 Å². The fourth-order valence-corrected chi connectivity index (χ4v) is 3.65. The van der Waals surface area contributed by atoms with E-state index in [4.69, 9.17) is 14.7 Å². The number of benzene rings is 2. The molecule has 7 nitrogen and oxygen atoms in total. The summed E-state index contributed by atoms with van der Waals surface area (Å²) in [5.74, 6) is -0.872. The van der Waals surface area contributed by atoms with Gasteiger partial charge in [0, 0.05) is 42.7 Å². The maximum absolute atomic E-state index is 12.8. The number of ether oxygens (including phenoxy) is 2. The number of nitriles is 1. The lowest BCUT2D eigenvalue weighted by molar-refractivity contribution is -0.181. The van der Waals surface area contributed by atoms with Crippen LogP contribution in [0.25, 0.3) is 0 Å². The second kappa shape index (κ2) is 8.03. The summed E-state index contributed by atoms with van der Waals surface area (Å²) in [6.45, 7) is 2.38. The van der Waals surface area contributed by atoms with Crippen molar-refractivity contribution >= 4 is 17.5 Å². The van der Waals surface area contributed by atoms with E-state index in [-0.39, 0.29) is 11.8 Å². The molecule has 2 amide bonds. The molecule has 148 valence electrons. The van der Waals surface area contributed by atoms with Crippen LogP contribution in [0.15, 0.2) is 48.5 Å². The molecule has 0 radical (unpaired) electrons. The van der Waals surface area contributed by atoms with Crippen LogP contribution in [-0.4, -0.2) is 48.8 Å². The van der Waals surface area contributed by atoms with E-state index in [1.54, 1.807) is 53.4 Å². The number of nitrogens with zero attached hydrogens (tertiary/aromatic N) is 2. The molecule has 1 spiro atoms. The number of anilines is 1. The predicted molar refractivity (Wildman–Crippen MR) is 105 cm³/mol. The number of carbonyl (C=O) groups is 2. The average molecular weight is 391 g/mol. The first-order chi connectivity index (χ1) is 14.1. The molecule has 0 bridgehead atoms. The van der Waals surface area contributed by atoms with Gasteiger partial charge in [0.05, 0.1) is 24.8 Å². The summed E-state index contributed by atoms with van der Waals surface area (Å²) in [6, 6.07) is 15.3. The first-order valence-corrected chi connectivity index (χ1v) is 9.57. The Morgan fingerprint density at radius 3 is 2.31 bits per heavy atom. The molecule has 0 atom stereocenters. The highest BCUT2D eigenvalue weighted by Gasteiger charge is 2.40. The minimum atomic E-state index is -0.512. The molecule has 1 N–H and O–H groups in total. The Labute approximate surface area is 168 Å². The SMILES string of the molecule is N#Cc1cccc(NC(=O)c2ccc(C(=O)N3CCC4(CC3)OCCO4)cc2)c1. The Morgan fingerprint density at radius 1 is 1.00 bits per heavy atom. The van der Waals surface area contributed by atoms with Crippen LogP contribution >= 0.6 is 0 Å². The summed E-state index contributed by atoms with van der Waals surface area (Å²) in [5, 5.41) is 11.7. The van der Waals surface area contributed by atoms with Gasteiger partial charge in [-0.25, -0.2) is 0 Å². The third-order valence-corrected chi connectivity index (χ3v) is 5.27. The maximum Gasteiger partial charge on any atom is 0.255 e. The Morgan fingerprint density at radius 2 is 1.66 bits per heavy atom. The van der Waals surface area contributed by atoms with Crippen LogP contribution in [0, 0.1) is 11.3 Å². The summed E-state index contributed by atoms with van der Waals surface area (Å²) in [7, 11) is 0. The first kappa shape index (κ1) is 19.1. The van der Waals surface area contributed by atoms with Gasteiger partial charge in [0.1, 0.15) is 0 Å². The minimum Gasteiger partial charge on any atom is -0.347 e. The third kappa shape index (κ3) is 4.14. The van der Waals surface area contributed by atoms with E-state index in [1.807, 2.05) is 6.07 Å². The molecule has 7 heteroatoms. The van der Waals surface area contributed by atoms with E-state index in [0.29, 0.717) is 61.5 Å². The topological polar surface area (TPSA) is 91.7 Å². The smallest absolute Gasteiger partial charge is 0.255 e. The minimum absolute atomic E-state index is 0.0634. The molecule has 0 aliphatic carbocycles. The Kier molecular flexibility index (Phi) is 5.30. The van der Waals surface area contributed by atoms with Crippen LogP contribution in [0.4, 0.5) is 5.69 Å². The van der Waals surface area contributed by atoms with Gasteiger partial charge in [-0.05, 0) is 42.5 Å². The molecule has 2 aromatic rings. The van der Waals surface area contributed by atoms with Crippen LogP contribution < -0.4 is 5.32 Å². The van der Waals surface area contributed by atoms with Gasteiger partial charge >= 0.3 is 0 Å². The summed E-state index contributed by atoms with van der Waals surface area (Å²) < 4.78 is 11.4. The number of hydrogen-bond acceptors (Lipinski definition) is 5. The van der Waals surface area contributed by atoms with Crippen LogP contribution in [0.1, 0.15) is 39.1 Å². The van der Waals surface area contributed by atoms with Crippen LogP contribution in [-0.2, 0) is 9.47 Å². The van der Waals surface area contributed by atoms with Gasteiger partial charge in [0.15, 0.2) is 5.79 Å². The fourth-order valence-electron chi connectivity index (χ4n) is 3.65. The van der Waals surface area contributed by atoms with Crippen LogP contribution in [0.2, 0.25) is 0 Å². The van der Waals surface area contributed by atoms with E-state index in [2.05, 4.69) is 5.32 Å².